The fourth-order valence-corrected chi connectivity index (χ4v) is 2.37. The summed E-state index contributed by atoms with van der Waals surface area (Å²) in [4.78, 5) is 12.3. The number of ether oxygens (including phenoxy) is 1. The van der Waals surface area contributed by atoms with Gasteiger partial charge in [-0.25, -0.2) is 0 Å². The lowest BCUT2D eigenvalue weighted by Gasteiger charge is -2.11. The van der Waals surface area contributed by atoms with Crippen LogP contribution in [0.2, 0.25) is 0 Å². The van der Waals surface area contributed by atoms with Crippen molar-refractivity contribution >= 4 is 11.0 Å². The summed E-state index contributed by atoms with van der Waals surface area (Å²) in [5.41, 5.74) is -1.68. The van der Waals surface area contributed by atoms with E-state index >= 15 is 0 Å². The summed E-state index contributed by atoms with van der Waals surface area (Å²) in [6.07, 6.45) is 0. The Bertz CT molecular complexity index is 1070. The standard InChI is InChI=1S/C16H12O9/c1-24-7-4-5(2-3-6(7)17)15-13(22)10(19)8-9(18)11(20)12(21)14(23)16(8)25-15/h2-4,17-18,20-23H,1H3. The molecular formula is C16H12O9. The smallest absolute Gasteiger partial charge is 0.239 e. The van der Waals surface area contributed by atoms with Crippen LogP contribution in [0, 0.1) is 0 Å². The van der Waals surface area contributed by atoms with Crippen LogP contribution in [-0.2, 0) is 0 Å². The first-order valence-corrected chi connectivity index (χ1v) is 6.80. The SMILES string of the molecule is COc1cc(-c2oc3c(O)c(O)c(O)c(O)c3c(=O)c2O)ccc1O. The fraction of sp³-hybridized carbons (Fsp3) is 0.0625. The molecule has 0 bridgehead atoms. The molecule has 0 fully saturated rings. The van der Waals surface area contributed by atoms with Crippen LogP contribution in [0.3, 0.4) is 0 Å². The minimum atomic E-state index is -1.15. The van der Waals surface area contributed by atoms with Gasteiger partial charge in [-0.1, -0.05) is 0 Å². The van der Waals surface area contributed by atoms with Crippen LogP contribution in [-0.4, -0.2) is 37.7 Å². The van der Waals surface area contributed by atoms with Crippen LogP contribution in [0.4, 0.5) is 0 Å². The highest BCUT2D eigenvalue weighted by molar-refractivity contribution is 5.95. The Balaban J connectivity index is 2.43. The Labute approximate surface area is 138 Å². The monoisotopic (exact) mass is 348 g/mol. The van der Waals surface area contributed by atoms with E-state index < -0.39 is 50.9 Å². The third-order valence-corrected chi connectivity index (χ3v) is 3.66. The van der Waals surface area contributed by atoms with E-state index in [4.69, 9.17) is 9.15 Å². The lowest BCUT2D eigenvalue weighted by atomic mass is 10.1. The second-order valence-corrected chi connectivity index (χ2v) is 5.09. The largest absolute Gasteiger partial charge is 0.504 e. The first-order valence-electron chi connectivity index (χ1n) is 6.80. The van der Waals surface area contributed by atoms with Gasteiger partial charge in [0.1, 0.15) is 5.39 Å². The van der Waals surface area contributed by atoms with Crippen molar-refractivity contribution in [2.45, 2.75) is 0 Å². The van der Waals surface area contributed by atoms with Gasteiger partial charge in [0, 0.05) is 5.56 Å². The van der Waals surface area contributed by atoms with Gasteiger partial charge in [-0.2, -0.15) is 0 Å². The van der Waals surface area contributed by atoms with E-state index in [1.165, 1.54) is 25.3 Å². The molecule has 25 heavy (non-hydrogen) atoms. The Morgan fingerprint density at radius 1 is 0.880 bits per heavy atom. The van der Waals surface area contributed by atoms with Gasteiger partial charge in [-0.3, -0.25) is 4.79 Å². The zero-order valence-corrected chi connectivity index (χ0v) is 12.6. The molecule has 0 unspecified atom stereocenters. The molecule has 2 aromatic carbocycles. The number of benzene rings is 2. The van der Waals surface area contributed by atoms with Crippen molar-refractivity contribution < 1.29 is 39.8 Å². The number of phenols is 5. The van der Waals surface area contributed by atoms with Crippen LogP contribution in [0.1, 0.15) is 0 Å². The van der Waals surface area contributed by atoms with Crippen molar-refractivity contribution in [2.24, 2.45) is 0 Å². The van der Waals surface area contributed by atoms with E-state index in [9.17, 15) is 35.4 Å². The zero-order valence-electron chi connectivity index (χ0n) is 12.6. The maximum atomic E-state index is 12.3. The van der Waals surface area contributed by atoms with Crippen molar-refractivity contribution in [3.8, 4) is 51.6 Å². The van der Waals surface area contributed by atoms with Gasteiger partial charge < -0.3 is 39.8 Å². The van der Waals surface area contributed by atoms with Gasteiger partial charge in [0.15, 0.2) is 28.6 Å². The molecule has 1 aromatic heterocycles. The Morgan fingerprint density at radius 2 is 1.52 bits per heavy atom. The molecule has 0 atom stereocenters. The van der Waals surface area contributed by atoms with E-state index in [1.54, 1.807) is 0 Å². The van der Waals surface area contributed by atoms with E-state index in [2.05, 4.69) is 0 Å². The number of hydrogen-bond donors (Lipinski definition) is 6. The minimum Gasteiger partial charge on any atom is -0.504 e. The molecule has 0 aliphatic carbocycles. The van der Waals surface area contributed by atoms with Gasteiger partial charge in [0.2, 0.25) is 28.4 Å². The second kappa shape index (κ2) is 5.41. The van der Waals surface area contributed by atoms with Gasteiger partial charge in [0.25, 0.3) is 0 Å². The highest BCUT2D eigenvalue weighted by Crippen LogP contribution is 2.49. The van der Waals surface area contributed by atoms with Crippen LogP contribution in [0.5, 0.6) is 40.2 Å². The highest BCUT2D eigenvalue weighted by atomic mass is 16.5. The number of phenolic OH excluding ortho intramolecular Hbond substituents is 5. The number of hydrogen-bond acceptors (Lipinski definition) is 9. The third kappa shape index (κ3) is 2.21. The molecule has 3 rings (SSSR count). The first-order chi connectivity index (χ1) is 11.8. The second-order valence-electron chi connectivity index (χ2n) is 5.09. The molecule has 1 heterocycles. The number of fused-ring (bicyclic) bond motifs is 1. The molecule has 9 nitrogen and oxygen atoms in total. The third-order valence-electron chi connectivity index (χ3n) is 3.66. The van der Waals surface area contributed by atoms with E-state index in [0.717, 1.165) is 0 Å². The van der Waals surface area contributed by atoms with Crippen molar-refractivity contribution in [3.63, 3.8) is 0 Å². The van der Waals surface area contributed by atoms with E-state index in [-0.39, 0.29) is 17.1 Å². The van der Waals surface area contributed by atoms with Crippen LogP contribution in [0.25, 0.3) is 22.3 Å². The summed E-state index contributed by atoms with van der Waals surface area (Å²) in [7, 11) is 1.29. The van der Waals surface area contributed by atoms with Gasteiger partial charge in [-0.05, 0) is 18.2 Å². The first kappa shape index (κ1) is 16.1. The molecule has 0 aliphatic heterocycles. The van der Waals surface area contributed by atoms with Gasteiger partial charge >= 0.3 is 0 Å². The van der Waals surface area contributed by atoms with E-state index in [0.29, 0.717) is 0 Å². The minimum absolute atomic E-state index is 0.0280. The maximum absolute atomic E-state index is 12.3. The molecule has 6 N–H and O–H groups in total. The normalized spacial score (nSPS) is 10.9. The molecule has 130 valence electrons. The Kier molecular flexibility index (Phi) is 3.49. The molecule has 0 radical (unpaired) electrons. The van der Waals surface area contributed by atoms with Crippen LogP contribution in [0.15, 0.2) is 27.4 Å². The maximum Gasteiger partial charge on any atom is 0.239 e. The molecular weight excluding hydrogens is 336 g/mol. The van der Waals surface area contributed by atoms with Gasteiger partial charge in [-0.15, -0.1) is 0 Å². The Morgan fingerprint density at radius 3 is 2.16 bits per heavy atom. The number of methoxy groups -OCH3 is 1. The summed E-state index contributed by atoms with van der Waals surface area (Å²) >= 11 is 0. The molecule has 0 saturated carbocycles. The van der Waals surface area contributed by atoms with Crippen molar-refractivity contribution in [3.05, 3.63) is 28.4 Å². The van der Waals surface area contributed by atoms with E-state index in [1.807, 2.05) is 0 Å². The van der Waals surface area contributed by atoms with Crippen LogP contribution >= 0.6 is 0 Å². The average Bonchev–Trinajstić information content (AvgIpc) is 2.60. The molecule has 0 saturated heterocycles. The summed E-state index contributed by atoms with van der Waals surface area (Å²) in [6, 6.07) is 3.79. The molecule has 0 amide bonds. The Hall–Kier alpha value is -3.75. The highest BCUT2D eigenvalue weighted by Gasteiger charge is 2.26. The summed E-state index contributed by atoms with van der Waals surface area (Å²) in [5.74, 6) is -5.75. The van der Waals surface area contributed by atoms with Crippen molar-refractivity contribution in [2.75, 3.05) is 7.11 Å². The van der Waals surface area contributed by atoms with Crippen LogP contribution < -0.4 is 10.2 Å². The van der Waals surface area contributed by atoms with Crippen molar-refractivity contribution in [1.29, 1.82) is 0 Å². The zero-order chi connectivity index (χ0) is 18.5. The molecule has 9 heteroatoms. The summed E-state index contributed by atoms with van der Waals surface area (Å²) in [5, 5.41) is 57.8. The van der Waals surface area contributed by atoms with Crippen molar-refractivity contribution in [1.82, 2.24) is 0 Å². The molecule has 3 aromatic rings. The summed E-state index contributed by atoms with van der Waals surface area (Å²) in [6.45, 7) is 0. The predicted molar refractivity (Wildman–Crippen MR) is 84.5 cm³/mol. The number of rotatable bonds is 2. The lowest BCUT2D eigenvalue weighted by molar-refractivity contribution is 0.345. The fourth-order valence-electron chi connectivity index (χ4n) is 2.37. The molecule has 0 spiro atoms. The topological polar surface area (TPSA) is 161 Å². The summed E-state index contributed by atoms with van der Waals surface area (Å²) < 4.78 is 10.2. The number of aromatic hydroxyl groups is 6. The average molecular weight is 348 g/mol. The molecule has 0 aliphatic rings. The predicted octanol–water partition coefficient (Wildman–Crippen LogP) is 1.70. The van der Waals surface area contributed by atoms with Gasteiger partial charge in [0.05, 0.1) is 7.11 Å². The quantitative estimate of drug-likeness (QED) is 0.299. The lowest BCUT2D eigenvalue weighted by Crippen LogP contribution is -2.03.